The number of rotatable bonds is 6. The minimum Gasteiger partial charge on any atom is -0.479 e. The Labute approximate surface area is 96.6 Å². The van der Waals surface area contributed by atoms with E-state index in [9.17, 15) is 13.2 Å². The molecule has 0 fully saturated rings. The number of carbonyl (C=O) groups is 1. The zero-order valence-electron chi connectivity index (χ0n) is 8.16. The summed E-state index contributed by atoms with van der Waals surface area (Å²) in [6, 6.07) is 3.05. The van der Waals surface area contributed by atoms with Gasteiger partial charge in [0.05, 0.1) is 0 Å². The predicted molar refractivity (Wildman–Crippen MR) is 57.8 cm³/mol. The molecule has 0 radical (unpaired) electrons. The SMILES string of the molecule is O=C(O)[C@@H](O)CCNS(=O)(=O)c1cccs1. The van der Waals surface area contributed by atoms with Gasteiger partial charge in [-0.3, -0.25) is 0 Å². The standard InChI is InChI=1S/C8H11NO5S2/c10-6(8(11)12)3-4-9-16(13,14)7-2-1-5-15-7/h1-2,5-6,9-10H,3-4H2,(H,11,12)/t6-/m0/s1. The van der Waals surface area contributed by atoms with E-state index < -0.39 is 22.1 Å². The number of sulfonamides is 1. The lowest BCUT2D eigenvalue weighted by molar-refractivity contribution is -0.146. The average molecular weight is 265 g/mol. The van der Waals surface area contributed by atoms with Gasteiger partial charge in [-0.05, 0) is 17.9 Å². The number of thiophene rings is 1. The molecule has 90 valence electrons. The van der Waals surface area contributed by atoms with Crippen molar-refractivity contribution in [2.75, 3.05) is 6.54 Å². The van der Waals surface area contributed by atoms with Gasteiger partial charge in [0.1, 0.15) is 4.21 Å². The summed E-state index contributed by atoms with van der Waals surface area (Å²) >= 11 is 1.07. The lowest BCUT2D eigenvalue weighted by Gasteiger charge is -2.06. The zero-order valence-corrected chi connectivity index (χ0v) is 9.79. The highest BCUT2D eigenvalue weighted by Gasteiger charge is 2.17. The van der Waals surface area contributed by atoms with Crippen LogP contribution >= 0.6 is 11.3 Å². The Hall–Kier alpha value is -0.960. The molecule has 0 aliphatic rings. The van der Waals surface area contributed by atoms with Crippen molar-refractivity contribution in [3.8, 4) is 0 Å². The topological polar surface area (TPSA) is 104 Å². The maximum Gasteiger partial charge on any atom is 0.332 e. The summed E-state index contributed by atoms with van der Waals surface area (Å²) in [6.07, 6.45) is -1.72. The van der Waals surface area contributed by atoms with E-state index in [4.69, 9.17) is 10.2 Å². The number of hydrogen-bond acceptors (Lipinski definition) is 5. The van der Waals surface area contributed by atoms with Crippen LogP contribution in [0.5, 0.6) is 0 Å². The van der Waals surface area contributed by atoms with Crippen LogP contribution < -0.4 is 4.72 Å². The molecule has 16 heavy (non-hydrogen) atoms. The van der Waals surface area contributed by atoms with Gasteiger partial charge in [0.2, 0.25) is 10.0 Å². The van der Waals surface area contributed by atoms with Crippen LogP contribution in [0, 0.1) is 0 Å². The molecule has 0 saturated carbocycles. The fraction of sp³-hybridized carbons (Fsp3) is 0.375. The number of aliphatic hydroxyl groups is 1. The van der Waals surface area contributed by atoms with Gasteiger partial charge >= 0.3 is 5.97 Å². The molecule has 0 unspecified atom stereocenters. The molecular weight excluding hydrogens is 254 g/mol. The maximum atomic E-state index is 11.5. The molecule has 1 heterocycles. The van der Waals surface area contributed by atoms with Crippen LogP contribution in [0.1, 0.15) is 6.42 Å². The normalized spacial score (nSPS) is 13.6. The van der Waals surface area contributed by atoms with Gasteiger partial charge in [-0.1, -0.05) is 6.07 Å². The predicted octanol–water partition coefficient (Wildman–Crippen LogP) is -0.138. The molecule has 0 spiro atoms. The number of nitrogens with one attached hydrogen (secondary N) is 1. The largest absolute Gasteiger partial charge is 0.479 e. The van der Waals surface area contributed by atoms with E-state index in [1.165, 1.54) is 6.07 Å². The van der Waals surface area contributed by atoms with E-state index in [0.29, 0.717) is 0 Å². The third kappa shape index (κ3) is 3.56. The van der Waals surface area contributed by atoms with Crippen LogP contribution in [0.3, 0.4) is 0 Å². The Morgan fingerprint density at radius 1 is 1.56 bits per heavy atom. The van der Waals surface area contributed by atoms with Gasteiger partial charge in [0.25, 0.3) is 0 Å². The van der Waals surface area contributed by atoms with Crippen molar-refractivity contribution in [3.63, 3.8) is 0 Å². The van der Waals surface area contributed by atoms with Crippen LogP contribution in [0.25, 0.3) is 0 Å². The molecule has 3 N–H and O–H groups in total. The van der Waals surface area contributed by atoms with Crippen molar-refractivity contribution in [1.29, 1.82) is 0 Å². The lowest BCUT2D eigenvalue weighted by Crippen LogP contribution is -2.29. The Kier molecular flexibility index (Phi) is 4.42. The highest BCUT2D eigenvalue weighted by molar-refractivity contribution is 7.91. The lowest BCUT2D eigenvalue weighted by atomic mass is 10.3. The number of aliphatic hydroxyl groups excluding tert-OH is 1. The van der Waals surface area contributed by atoms with Crippen molar-refractivity contribution in [2.45, 2.75) is 16.7 Å². The number of hydrogen-bond donors (Lipinski definition) is 3. The van der Waals surface area contributed by atoms with Gasteiger partial charge in [-0.2, -0.15) is 0 Å². The first kappa shape index (κ1) is 13.1. The Morgan fingerprint density at radius 2 is 2.25 bits per heavy atom. The molecule has 0 bridgehead atoms. The molecule has 0 saturated heterocycles. The first-order valence-corrected chi connectivity index (χ1v) is 6.74. The summed E-state index contributed by atoms with van der Waals surface area (Å²) in [6.45, 7) is -0.117. The van der Waals surface area contributed by atoms with Crippen molar-refractivity contribution < 1.29 is 23.4 Å². The van der Waals surface area contributed by atoms with E-state index in [0.717, 1.165) is 11.3 Å². The number of carboxylic acid groups (broad SMARTS) is 1. The van der Waals surface area contributed by atoms with Crippen molar-refractivity contribution >= 4 is 27.3 Å². The third-order valence-electron chi connectivity index (χ3n) is 1.75. The van der Waals surface area contributed by atoms with Gasteiger partial charge in [-0.15, -0.1) is 11.3 Å². The van der Waals surface area contributed by atoms with Crippen LogP contribution in [0.2, 0.25) is 0 Å². The molecule has 0 aliphatic heterocycles. The molecule has 1 aromatic heterocycles. The number of aliphatic carboxylic acids is 1. The summed E-state index contributed by atoms with van der Waals surface area (Å²) in [4.78, 5) is 10.3. The van der Waals surface area contributed by atoms with Crippen LogP contribution in [0.4, 0.5) is 0 Å². The van der Waals surface area contributed by atoms with Gasteiger partial charge < -0.3 is 10.2 Å². The average Bonchev–Trinajstić information content (AvgIpc) is 2.70. The molecule has 1 rings (SSSR count). The zero-order chi connectivity index (χ0) is 12.2. The highest BCUT2D eigenvalue weighted by atomic mass is 32.2. The van der Waals surface area contributed by atoms with Crippen molar-refractivity contribution in [2.24, 2.45) is 0 Å². The van der Waals surface area contributed by atoms with E-state index in [1.807, 2.05) is 0 Å². The fourth-order valence-electron chi connectivity index (χ4n) is 0.941. The van der Waals surface area contributed by atoms with E-state index in [1.54, 1.807) is 11.4 Å². The molecule has 8 heteroatoms. The molecule has 6 nitrogen and oxygen atoms in total. The van der Waals surface area contributed by atoms with Gasteiger partial charge in [0.15, 0.2) is 6.10 Å². The summed E-state index contributed by atoms with van der Waals surface area (Å²) in [5, 5.41) is 18.9. The van der Waals surface area contributed by atoms with Crippen molar-refractivity contribution in [1.82, 2.24) is 4.72 Å². The Balaban J connectivity index is 2.47. The number of carboxylic acids is 1. The van der Waals surface area contributed by atoms with E-state index >= 15 is 0 Å². The molecular formula is C8H11NO5S2. The summed E-state index contributed by atoms with van der Waals surface area (Å²) in [5.74, 6) is -1.37. The van der Waals surface area contributed by atoms with Gasteiger partial charge in [0, 0.05) is 6.54 Å². The monoisotopic (exact) mass is 265 g/mol. The Morgan fingerprint density at radius 3 is 2.75 bits per heavy atom. The van der Waals surface area contributed by atoms with E-state index in [-0.39, 0.29) is 17.2 Å². The molecule has 1 aromatic rings. The van der Waals surface area contributed by atoms with Crippen LogP contribution in [-0.2, 0) is 14.8 Å². The first-order valence-electron chi connectivity index (χ1n) is 4.37. The minimum atomic E-state index is -3.57. The Bertz CT molecular complexity index is 439. The fourth-order valence-corrected chi connectivity index (χ4v) is 3.03. The summed E-state index contributed by atoms with van der Waals surface area (Å²) in [7, 11) is -3.57. The van der Waals surface area contributed by atoms with Crippen LogP contribution in [0.15, 0.2) is 21.7 Å². The highest BCUT2D eigenvalue weighted by Crippen LogP contribution is 2.15. The molecule has 0 aromatic carbocycles. The second-order valence-electron chi connectivity index (χ2n) is 2.97. The quantitative estimate of drug-likeness (QED) is 0.664. The first-order chi connectivity index (χ1) is 7.43. The minimum absolute atomic E-state index is 0.117. The second-order valence-corrected chi connectivity index (χ2v) is 5.91. The maximum absolute atomic E-state index is 11.5. The molecule has 0 aliphatic carbocycles. The van der Waals surface area contributed by atoms with Gasteiger partial charge in [-0.25, -0.2) is 17.9 Å². The molecule has 1 atom stereocenters. The van der Waals surface area contributed by atoms with E-state index in [2.05, 4.69) is 4.72 Å². The second kappa shape index (κ2) is 5.39. The third-order valence-corrected chi connectivity index (χ3v) is 4.61. The smallest absolute Gasteiger partial charge is 0.332 e. The summed E-state index contributed by atoms with van der Waals surface area (Å²) < 4.78 is 25.4. The van der Waals surface area contributed by atoms with Crippen LogP contribution in [-0.4, -0.2) is 37.2 Å². The summed E-state index contributed by atoms with van der Waals surface area (Å²) in [5.41, 5.74) is 0. The molecule has 0 amide bonds. The van der Waals surface area contributed by atoms with Crippen molar-refractivity contribution in [3.05, 3.63) is 17.5 Å².